The molecule has 0 radical (unpaired) electrons. The minimum absolute atomic E-state index is 0.110. The van der Waals surface area contributed by atoms with Gasteiger partial charge in [-0.15, -0.1) is 0 Å². The molecule has 10 N–H and O–H groups in total. The van der Waals surface area contributed by atoms with Crippen LogP contribution in [0.15, 0.2) is 0 Å². The lowest BCUT2D eigenvalue weighted by atomic mass is 9.99. The molecule has 0 aliphatic rings. The molecule has 13 nitrogen and oxygen atoms in total. The van der Waals surface area contributed by atoms with Crippen molar-refractivity contribution in [2.75, 3.05) is 13.2 Å². The summed E-state index contributed by atoms with van der Waals surface area (Å²) in [5, 5.41) is 34.6. The molecule has 0 fully saturated rings. The average Bonchev–Trinajstić information content (AvgIpc) is 2.77. The zero-order chi connectivity index (χ0) is 25.6. The Morgan fingerprint density at radius 1 is 0.848 bits per heavy atom. The van der Waals surface area contributed by atoms with Gasteiger partial charge in [0.05, 0.1) is 12.6 Å². The summed E-state index contributed by atoms with van der Waals surface area (Å²) in [6.07, 6.45) is 0.875. The Kier molecular flexibility index (Phi) is 14.6. The van der Waals surface area contributed by atoms with Crippen LogP contribution < -0.4 is 27.4 Å². The summed E-state index contributed by atoms with van der Waals surface area (Å²) in [5.41, 5.74) is 11.3. The zero-order valence-electron chi connectivity index (χ0n) is 19.1. The Balaban J connectivity index is 5.32. The summed E-state index contributed by atoms with van der Waals surface area (Å²) in [4.78, 5) is 59.7. The van der Waals surface area contributed by atoms with Gasteiger partial charge in [0, 0.05) is 6.42 Å². The van der Waals surface area contributed by atoms with Gasteiger partial charge in [0.25, 0.3) is 0 Å². The maximum atomic E-state index is 12.7. The van der Waals surface area contributed by atoms with Crippen molar-refractivity contribution >= 4 is 29.7 Å². The summed E-state index contributed by atoms with van der Waals surface area (Å²) in [6.45, 7) is 3.19. The van der Waals surface area contributed by atoms with Gasteiger partial charge in [-0.25, -0.2) is 4.79 Å². The molecule has 190 valence electrons. The molecule has 5 unspecified atom stereocenters. The highest BCUT2D eigenvalue weighted by Crippen LogP contribution is 2.07. The molecule has 0 aromatic rings. The second-order valence-corrected chi connectivity index (χ2v) is 7.83. The molecule has 0 spiro atoms. The van der Waals surface area contributed by atoms with Crippen LogP contribution in [0.1, 0.15) is 52.4 Å². The van der Waals surface area contributed by atoms with E-state index in [9.17, 15) is 34.2 Å². The largest absolute Gasteiger partial charge is 0.481 e. The van der Waals surface area contributed by atoms with Crippen LogP contribution in [0.2, 0.25) is 0 Å². The summed E-state index contributed by atoms with van der Waals surface area (Å²) >= 11 is 0. The molecule has 0 bridgehead atoms. The topological polar surface area (TPSA) is 234 Å². The Morgan fingerprint density at radius 2 is 1.39 bits per heavy atom. The van der Waals surface area contributed by atoms with E-state index in [0.29, 0.717) is 25.8 Å². The monoisotopic (exact) mass is 475 g/mol. The molecule has 0 saturated heterocycles. The molecule has 0 aliphatic heterocycles. The third-order valence-electron chi connectivity index (χ3n) is 5.22. The van der Waals surface area contributed by atoms with Gasteiger partial charge in [0.1, 0.15) is 18.1 Å². The van der Waals surface area contributed by atoms with E-state index in [4.69, 9.17) is 16.6 Å². The van der Waals surface area contributed by atoms with E-state index in [1.807, 2.05) is 6.92 Å². The number of carbonyl (C=O) groups excluding carboxylic acids is 3. The highest BCUT2D eigenvalue weighted by atomic mass is 16.4. The number of unbranched alkanes of at least 4 members (excludes halogenated alkanes) is 1. The molecule has 3 amide bonds. The lowest BCUT2D eigenvalue weighted by molar-refractivity contribution is -0.143. The van der Waals surface area contributed by atoms with Crippen LogP contribution in [-0.4, -0.2) is 82.3 Å². The van der Waals surface area contributed by atoms with Crippen molar-refractivity contribution in [1.82, 2.24) is 16.0 Å². The Labute approximate surface area is 192 Å². The first-order valence-corrected chi connectivity index (χ1v) is 10.9. The minimum atomic E-state index is -1.47. The lowest BCUT2D eigenvalue weighted by Gasteiger charge is -2.25. The van der Waals surface area contributed by atoms with Crippen LogP contribution >= 0.6 is 0 Å². The molecular weight excluding hydrogens is 438 g/mol. The van der Waals surface area contributed by atoms with Crippen LogP contribution in [0, 0.1) is 5.92 Å². The smallest absolute Gasteiger partial charge is 0.326 e. The Bertz CT molecular complexity index is 675. The van der Waals surface area contributed by atoms with E-state index in [1.54, 1.807) is 6.92 Å². The maximum Gasteiger partial charge on any atom is 0.326 e. The van der Waals surface area contributed by atoms with Crippen LogP contribution in [0.4, 0.5) is 0 Å². The van der Waals surface area contributed by atoms with E-state index < -0.39 is 66.9 Å². The predicted molar refractivity (Wildman–Crippen MR) is 118 cm³/mol. The van der Waals surface area contributed by atoms with Gasteiger partial charge in [-0.2, -0.15) is 0 Å². The van der Waals surface area contributed by atoms with Gasteiger partial charge < -0.3 is 42.7 Å². The molecule has 0 aromatic carbocycles. The molecule has 33 heavy (non-hydrogen) atoms. The molecule has 0 saturated carbocycles. The quantitative estimate of drug-likeness (QED) is 0.106. The Morgan fingerprint density at radius 3 is 1.88 bits per heavy atom. The van der Waals surface area contributed by atoms with E-state index in [1.165, 1.54) is 0 Å². The number of hydrogen-bond acceptors (Lipinski definition) is 8. The summed E-state index contributed by atoms with van der Waals surface area (Å²) in [6, 6.07) is -4.93. The fourth-order valence-corrected chi connectivity index (χ4v) is 2.81. The van der Waals surface area contributed by atoms with E-state index >= 15 is 0 Å². The number of aliphatic carboxylic acids is 2. The fourth-order valence-electron chi connectivity index (χ4n) is 2.81. The van der Waals surface area contributed by atoms with Crippen molar-refractivity contribution in [3.63, 3.8) is 0 Å². The van der Waals surface area contributed by atoms with Crippen molar-refractivity contribution < 1.29 is 39.3 Å². The van der Waals surface area contributed by atoms with Crippen molar-refractivity contribution in [3.05, 3.63) is 0 Å². The molecule has 0 aliphatic carbocycles. The van der Waals surface area contributed by atoms with Crippen molar-refractivity contribution in [1.29, 1.82) is 0 Å². The first kappa shape index (κ1) is 30.2. The fraction of sp³-hybridized carbons (Fsp3) is 0.750. The number of amides is 3. The molecule has 5 atom stereocenters. The highest BCUT2D eigenvalue weighted by molar-refractivity contribution is 5.94. The lowest BCUT2D eigenvalue weighted by Crippen LogP contribution is -2.58. The maximum absolute atomic E-state index is 12.7. The third kappa shape index (κ3) is 11.6. The van der Waals surface area contributed by atoms with Gasteiger partial charge in [-0.3, -0.25) is 19.2 Å². The number of rotatable bonds is 17. The highest BCUT2D eigenvalue weighted by Gasteiger charge is 2.30. The van der Waals surface area contributed by atoms with Gasteiger partial charge in [-0.05, 0) is 38.1 Å². The van der Waals surface area contributed by atoms with Crippen LogP contribution in [0.5, 0.6) is 0 Å². The summed E-state index contributed by atoms with van der Waals surface area (Å²) < 4.78 is 0. The number of carboxylic acid groups (broad SMARTS) is 2. The number of carboxylic acids is 2. The average molecular weight is 476 g/mol. The summed E-state index contributed by atoms with van der Waals surface area (Å²) in [7, 11) is 0. The van der Waals surface area contributed by atoms with Gasteiger partial charge in [0.15, 0.2) is 0 Å². The number of aliphatic hydroxyl groups excluding tert-OH is 1. The first-order chi connectivity index (χ1) is 15.5. The summed E-state index contributed by atoms with van der Waals surface area (Å²) in [5.74, 6) is -5.13. The number of nitrogens with two attached hydrogens (primary N) is 2. The van der Waals surface area contributed by atoms with Crippen LogP contribution in [-0.2, 0) is 24.0 Å². The van der Waals surface area contributed by atoms with Crippen molar-refractivity contribution in [2.24, 2.45) is 17.4 Å². The second-order valence-electron chi connectivity index (χ2n) is 7.83. The standard InChI is InChI=1S/C20H37N5O8/c1-3-11(2)16(22)19(31)25-14(10-26)18(30)23-12(6-4-5-9-21)17(29)24-13(20(32)33)7-8-15(27)28/h11-14,16,26H,3-10,21-22H2,1-2H3,(H,23,30)(H,24,29)(H,25,31)(H,27,28)(H,32,33). The molecule has 0 aromatic heterocycles. The van der Waals surface area contributed by atoms with Crippen LogP contribution in [0.25, 0.3) is 0 Å². The Hall–Kier alpha value is -2.77. The third-order valence-corrected chi connectivity index (χ3v) is 5.22. The number of carbonyl (C=O) groups is 5. The SMILES string of the molecule is CCC(C)C(N)C(=O)NC(CO)C(=O)NC(CCCCN)C(=O)NC(CCC(=O)O)C(=O)O. The van der Waals surface area contributed by atoms with Crippen molar-refractivity contribution in [2.45, 2.75) is 76.5 Å². The normalized spacial score (nSPS) is 15.4. The number of nitrogens with one attached hydrogen (secondary N) is 3. The number of hydrogen-bond donors (Lipinski definition) is 8. The molecule has 13 heteroatoms. The molecule has 0 heterocycles. The van der Waals surface area contributed by atoms with Gasteiger partial charge >= 0.3 is 11.9 Å². The van der Waals surface area contributed by atoms with Crippen LogP contribution in [0.3, 0.4) is 0 Å². The molecular formula is C20H37N5O8. The zero-order valence-corrected chi connectivity index (χ0v) is 19.1. The predicted octanol–water partition coefficient (Wildman–Crippen LogP) is -2.12. The first-order valence-electron chi connectivity index (χ1n) is 10.9. The van der Waals surface area contributed by atoms with E-state index in [0.717, 1.165) is 0 Å². The van der Waals surface area contributed by atoms with E-state index in [-0.39, 0.29) is 18.8 Å². The van der Waals surface area contributed by atoms with Gasteiger partial charge in [-0.1, -0.05) is 20.3 Å². The van der Waals surface area contributed by atoms with Gasteiger partial charge in [0.2, 0.25) is 17.7 Å². The second kappa shape index (κ2) is 15.9. The number of aliphatic hydroxyl groups is 1. The minimum Gasteiger partial charge on any atom is -0.481 e. The van der Waals surface area contributed by atoms with E-state index in [2.05, 4.69) is 16.0 Å². The molecule has 0 rings (SSSR count). The van der Waals surface area contributed by atoms with Crippen molar-refractivity contribution in [3.8, 4) is 0 Å².